The first-order valence-electron chi connectivity index (χ1n) is 7.40. The summed E-state index contributed by atoms with van der Waals surface area (Å²) in [6.45, 7) is 0.436. The van der Waals surface area contributed by atoms with Crippen molar-refractivity contribution >= 4 is 17.8 Å². The van der Waals surface area contributed by atoms with Crippen LogP contribution in [0.15, 0.2) is 12.1 Å². The average Bonchev–Trinajstić information content (AvgIpc) is 3.11. The highest BCUT2D eigenvalue weighted by Crippen LogP contribution is 2.35. The fraction of sp³-hybridized carbons (Fsp3) is 0.438. The van der Waals surface area contributed by atoms with E-state index < -0.39 is 0 Å². The van der Waals surface area contributed by atoms with Gasteiger partial charge in [-0.15, -0.1) is 0 Å². The Labute approximate surface area is 133 Å². The van der Waals surface area contributed by atoms with Gasteiger partial charge in [0, 0.05) is 19.4 Å². The second kappa shape index (κ2) is 6.28. The number of ether oxygens (including phenoxy) is 3. The monoisotopic (exact) mass is 319 g/mol. The van der Waals surface area contributed by atoms with E-state index in [1.165, 1.54) is 12.0 Å². The summed E-state index contributed by atoms with van der Waals surface area (Å²) >= 11 is 0. The molecule has 0 aromatic heterocycles. The predicted molar refractivity (Wildman–Crippen MR) is 77.9 cm³/mol. The summed E-state index contributed by atoms with van der Waals surface area (Å²) < 4.78 is 15.4. The van der Waals surface area contributed by atoms with E-state index in [0.717, 1.165) is 11.1 Å². The topological polar surface area (TPSA) is 82.1 Å². The molecule has 2 aliphatic heterocycles. The molecule has 0 radical (unpaired) electrons. The van der Waals surface area contributed by atoms with E-state index >= 15 is 0 Å². The number of likely N-dealkylation sites (tertiary alicyclic amines) is 1. The molecule has 0 N–H and O–H groups in total. The predicted octanol–water partition coefficient (Wildman–Crippen LogP) is 0.822. The van der Waals surface area contributed by atoms with Gasteiger partial charge in [-0.1, -0.05) is 0 Å². The third-order valence-corrected chi connectivity index (χ3v) is 4.02. The molecule has 2 heterocycles. The van der Waals surface area contributed by atoms with Gasteiger partial charge in [0.2, 0.25) is 18.6 Å². The maximum absolute atomic E-state index is 11.7. The fourth-order valence-corrected chi connectivity index (χ4v) is 2.76. The number of methoxy groups -OCH3 is 1. The summed E-state index contributed by atoms with van der Waals surface area (Å²) in [5, 5.41) is 0. The van der Waals surface area contributed by atoms with Crippen LogP contribution >= 0.6 is 0 Å². The van der Waals surface area contributed by atoms with Crippen molar-refractivity contribution in [2.45, 2.75) is 25.7 Å². The molecule has 23 heavy (non-hydrogen) atoms. The number of nitrogens with zero attached hydrogens (tertiary/aromatic N) is 1. The van der Waals surface area contributed by atoms with E-state index in [9.17, 15) is 14.4 Å². The standard InChI is InChI=1S/C16H17NO6/c1-21-16(20)8-11-7-13-12(22-9-23-13)6-10(11)4-5-17-14(18)2-3-15(17)19/h6-7H,2-5,8-9H2,1H3. The van der Waals surface area contributed by atoms with E-state index in [-0.39, 0.29) is 43.8 Å². The number of fused-ring (bicyclic) bond motifs is 1. The Morgan fingerprint density at radius 3 is 2.35 bits per heavy atom. The second-order valence-corrected chi connectivity index (χ2v) is 5.42. The van der Waals surface area contributed by atoms with Crippen LogP contribution in [-0.4, -0.2) is 43.1 Å². The molecule has 0 atom stereocenters. The van der Waals surface area contributed by atoms with Crippen LogP contribution in [0.25, 0.3) is 0 Å². The molecule has 0 unspecified atom stereocenters. The smallest absolute Gasteiger partial charge is 0.309 e. The molecule has 7 nitrogen and oxygen atoms in total. The van der Waals surface area contributed by atoms with Gasteiger partial charge in [0.1, 0.15) is 0 Å². The van der Waals surface area contributed by atoms with Gasteiger partial charge in [-0.25, -0.2) is 0 Å². The highest BCUT2D eigenvalue weighted by atomic mass is 16.7. The lowest BCUT2D eigenvalue weighted by atomic mass is 10.0. The van der Waals surface area contributed by atoms with Crippen molar-refractivity contribution in [2.75, 3.05) is 20.4 Å². The third-order valence-electron chi connectivity index (χ3n) is 4.02. The SMILES string of the molecule is COC(=O)Cc1cc2c(cc1CCN1C(=O)CCC1=O)OCO2. The Kier molecular flexibility index (Phi) is 4.18. The van der Waals surface area contributed by atoms with Crippen molar-refractivity contribution < 1.29 is 28.6 Å². The van der Waals surface area contributed by atoms with Crippen molar-refractivity contribution in [2.24, 2.45) is 0 Å². The molecule has 122 valence electrons. The van der Waals surface area contributed by atoms with Gasteiger partial charge in [0.05, 0.1) is 13.5 Å². The number of hydrogen-bond donors (Lipinski definition) is 0. The first-order valence-corrected chi connectivity index (χ1v) is 7.40. The molecule has 2 amide bonds. The van der Waals surface area contributed by atoms with E-state index in [0.29, 0.717) is 24.5 Å². The Morgan fingerprint density at radius 2 is 1.74 bits per heavy atom. The number of hydrogen-bond acceptors (Lipinski definition) is 6. The molecular formula is C16H17NO6. The highest BCUT2D eigenvalue weighted by Gasteiger charge is 2.29. The Morgan fingerprint density at radius 1 is 1.13 bits per heavy atom. The second-order valence-electron chi connectivity index (χ2n) is 5.42. The number of esters is 1. The van der Waals surface area contributed by atoms with Crippen LogP contribution in [0.3, 0.4) is 0 Å². The van der Waals surface area contributed by atoms with Gasteiger partial charge in [-0.05, 0) is 29.7 Å². The summed E-state index contributed by atoms with van der Waals surface area (Å²) in [5.74, 6) is 0.530. The molecule has 1 saturated heterocycles. The van der Waals surface area contributed by atoms with Crippen LogP contribution in [0, 0.1) is 0 Å². The fourth-order valence-electron chi connectivity index (χ4n) is 2.76. The van der Waals surface area contributed by atoms with Crippen LogP contribution in [0.4, 0.5) is 0 Å². The summed E-state index contributed by atoms with van der Waals surface area (Å²) in [4.78, 5) is 36.2. The molecule has 1 aromatic rings. The number of imide groups is 1. The first kappa shape index (κ1) is 15.3. The number of carbonyl (C=O) groups is 3. The van der Waals surface area contributed by atoms with Crippen molar-refractivity contribution in [3.63, 3.8) is 0 Å². The van der Waals surface area contributed by atoms with Gasteiger partial charge >= 0.3 is 5.97 Å². The van der Waals surface area contributed by atoms with Gasteiger partial charge < -0.3 is 14.2 Å². The zero-order valence-corrected chi connectivity index (χ0v) is 12.8. The van der Waals surface area contributed by atoms with E-state index in [1.54, 1.807) is 12.1 Å². The summed E-state index contributed by atoms with van der Waals surface area (Å²) in [6.07, 6.45) is 1.11. The van der Waals surface area contributed by atoms with Gasteiger partial charge in [0.15, 0.2) is 11.5 Å². The quantitative estimate of drug-likeness (QED) is 0.590. The molecule has 0 spiro atoms. The van der Waals surface area contributed by atoms with Gasteiger partial charge in [-0.3, -0.25) is 19.3 Å². The lowest BCUT2D eigenvalue weighted by molar-refractivity contribution is -0.140. The molecule has 0 bridgehead atoms. The van der Waals surface area contributed by atoms with Crippen LogP contribution in [0.2, 0.25) is 0 Å². The number of rotatable bonds is 5. The zero-order chi connectivity index (χ0) is 16.4. The number of amides is 2. The van der Waals surface area contributed by atoms with Gasteiger partial charge in [0.25, 0.3) is 0 Å². The van der Waals surface area contributed by atoms with Crippen LogP contribution in [0.5, 0.6) is 11.5 Å². The number of benzene rings is 1. The molecule has 7 heteroatoms. The normalized spacial score (nSPS) is 16.1. The van der Waals surface area contributed by atoms with Crippen molar-refractivity contribution in [3.05, 3.63) is 23.3 Å². The zero-order valence-electron chi connectivity index (χ0n) is 12.8. The Hall–Kier alpha value is -2.57. The minimum absolute atomic E-state index is 0.102. The maximum Gasteiger partial charge on any atom is 0.309 e. The molecule has 0 saturated carbocycles. The molecule has 1 aromatic carbocycles. The van der Waals surface area contributed by atoms with Crippen molar-refractivity contribution in [1.82, 2.24) is 4.90 Å². The molecule has 0 aliphatic carbocycles. The molecule has 2 aliphatic rings. The Balaban J connectivity index is 1.80. The maximum atomic E-state index is 11.7. The van der Waals surface area contributed by atoms with E-state index in [4.69, 9.17) is 14.2 Å². The first-order chi connectivity index (χ1) is 11.1. The molecular weight excluding hydrogens is 302 g/mol. The highest BCUT2D eigenvalue weighted by molar-refractivity contribution is 6.01. The van der Waals surface area contributed by atoms with Crippen LogP contribution in [-0.2, 0) is 32.0 Å². The summed E-state index contributed by atoms with van der Waals surface area (Å²) in [7, 11) is 1.33. The van der Waals surface area contributed by atoms with E-state index in [2.05, 4.69) is 0 Å². The largest absolute Gasteiger partial charge is 0.469 e. The Bertz CT molecular complexity index is 653. The van der Waals surface area contributed by atoms with Crippen molar-refractivity contribution in [3.8, 4) is 11.5 Å². The third kappa shape index (κ3) is 3.13. The average molecular weight is 319 g/mol. The molecule has 1 fully saturated rings. The summed E-state index contributed by atoms with van der Waals surface area (Å²) in [6, 6.07) is 3.55. The van der Waals surface area contributed by atoms with Crippen LogP contribution < -0.4 is 9.47 Å². The lowest BCUT2D eigenvalue weighted by Crippen LogP contribution is -2.31. The molecule has 3 rings (SSSR count). The van der Waals surface area contributed by atoms with Gasteiger partial charge in [-0.2, -0.15) is 0 Å². The minimum atomic E-state index is -0.363. The number of carbonyl (C=O) groups excluding carboxylic acids is 3. The lowest BCUT2D eigenvalue weighted by Gasteiger charge is -2.16. The summed E-state index contributed by atoms with van der Waals surface area (Å²) in [5.41, 5.74) is 1.59. The minimum Gasteiger partial charge on any atom is -0.469 e. The van der Waals surface area contributed by atoms with E-state index in [1.807, 2.05) is 0 Å². The van der Waals surface area contributed by atoms with Crippen LogP contribution in [0.1, 0.15) is 24.0 Å². The van der Waals surface area contributed by atoms with Crippen molar-refractivity contribution in [1.29, 1.82) is 0 Å².